The maximum atomic E-state index is 12.0. The van der Waals surface area contributed by atoms with Crippen LogP contribution in [0.4, 0.5) is 0 Å². The van der Waals surface area contributed by atoms with E-state index in [0.29, 0.717) is 23.9 Å². The fourth-order valence-corrected chi connectivity index (χ4v) is 2.69. The highest BCUT2D eigenvalue weighted by Crippen LogP contribution is 2.27. The molecule has 0 unspecified atom stereocenters. The van der Waals surface area contributed by atoms with Gasteiger partial charge in [-0.25, -0.2) is 4.79 Å². The van der Waals surface area contributed by atoms with Crippen molar-refractivity contribution in [2.45, 2.75) is 13.2 Å². The van der Waals surface area contributed by atoms with Crippen molar-refractivity contribution in [3.63, 3.8) is 0 Å². The van der Waals surface area contributed by atoms with Crippen molar-refractivity contribution < 1.29 is 28.5 Å². The van der Waals surface area contributed by atoms with Gasteiger partial charge in [0.15, 0.2) is 18.1 Å². The Morgan fingerprint density at radius 3 is 2.03 bits per heavy atom. The van der Waals surface area contributed by atoms with Crippen molar-refractivity contribution in [1.82, 2.24) is 0 Å². The second kappa shape index (κ2) is 10.8. The first-order valence-electron chi connectivity index (χ1n) is 9.44. The van der Waals surface area contributed by atoms with Gasteiger partial charge in [-0.1, -0.05) is 36.4 Å². The second-order valence-corrected chi connectivity index (χ2v) is 6.38. The number of methoxy groups -OCH3 is 2. The molecular weight excluding hydrogens is 384 g/mol. The molecule has 0 aliphatic heterocycles. The van der Waals surface area contributed by atoms with E-state index in [-0.39, 0.29) is 13.2 Å². The van der Waals surface area contributed by atoms with Crippen LogP contribution in [0.5, 0.6) is 23.0 Å². The van der Waals surface area contributed by atoms with Crippen LogP contribution in [0.3, 0.4) is 0 Å². The minimum absolute atomic E-state index is 0.120. The van der Waals surface area contributed by atoms with Crippen molar-refractivity contribution in [3.05, 3.63) is 83.9 Å². The topological polar surface area (TPSA) is 63.2 Å². The molecular formula is C24H24O6. The highest BCUT2D eigenvalue weighted by molar-refractivity contribution is 5.71. The molecule has 0 atom stereocenters. The highest BCUT2D eigenvalue weighted by Gasteiger charge is 2.08. The lowest BCUT2D eigenvalue weighted by Gasteiger charge is -2.11. The van der Waals surface area contributed by atoms with E-state index in [2.05, 4.69) is 0 Å². The number of carbonyl (C=O) groups excluding carboxylic acids is 1. The summed E-state index contributed by atoms with van der Waals surface area (Å²) in [4.78, 5) is 12.0. The van der Waals surface area contributed by atoms with Crippen molar-refractivity contribution in [1.29, 1.82) is 0 Å². The van der Waals surface area contributed by atoms with Crippen LogP contribution in [0.15, 0.2) is 72.8 Å². The van der Waals surface area contributed by atoms with Crippen LogP contribution in [0, 0.1) is 0 Å². The van der Waals surface area contributed by atoms with Crippen molar-refractivity contribution in [2.75, 3.05) is 20.8 Å². The molecule has 3 rings (SSSR count). The zero-order valence-corrected chi connectivity index (χ0v) is 17.0. The molecule has 0 aromatic heterocycles. The van der Waals surface area contributed by atoms with Crippen LogP contribution in [-0.2, 0) is 22.7 Å². The van der Waals surface area contributed by atoms with Gasteiger partial charge in [-0.15, -0.1) is 0 Å². The van der Waals surface area contributed by atoms with Crippen LogP contribution >= 0.6 is 0 Å². The van der Waals surface area contributed by atoms with Crippen LogP contribution in [-0.4, -0.2) is 26.8 Å². The second-order valence-electron chi connectivity index (χ2n) is 6.38. The Kier molecular flexibility index (Phi) is 7.55. The highest BCUT2D eigenvalue weighted by atomic mass is 16.6. The molecule has 30 heavy (non-hydrogen) atoms. The summed E-state index contributed by atoms with van der Waals surface area (Å²) in [5.41, 5.74) is 1.89. The van der Waals surface area contributed by atoms with E-state index >= 15 is 0 Å². The van der Waals surface area contributed by atoms with E-state index in [9.17, 15) is 4.79 Å². The summed E-state index contributed by atoms with van der Waals surface area (Å²) < 4.78 is 26.9. The number of rotatable bonds is 10. The van der Waals surface area contributed by atoms with Gasteiger partial charge in [-0.2, -0.15) is 0 Å². The average molecular weight is 408 g/mol. The first-order chi connectivity index (χ1) is 14.7. The smallest absolute Gasteiger partial charge is 0.344 e. The molecule has 3 aromatic rings. The lowest BCUT2D eigenvalue weighted by molar-refractivity contribution is -0.147. The summed E-state index contributed by atoms with van der Waals surface area (Å²) in [6, 6.07) is 22.4. The molecule has 0 aliphatic rings. The number of ether oxygens (including phenoxy) is 5. The van der Waals surface area contributed by atoms with Gasteiger partial charge in [0.05, 0.1) is 14.2 Å². The zero-order chi connectivity index (χ0) is 21.2. The average Bonchev–Trinajstić information content (AvgIpc) is 2.81. The standard InChI is InChI=1S/C24H24O6/c1-26-22-13-8-19(14-23(22)27-2)16-30-24(25)17-29-21-11-9-20(10-12-21)28-15-18-6-4-3-5-7-18/h3-14H,15-17H2,1-2H3. The molecule has 0 amide bonds. The van der Waals surface area contributed by atoms with Gasteiger partial charge in [0.25, 0.3) is 0 Å². The fourth-order valence-electron chi connectivity index (χ4n) is 2.69. The van der Waals surface area contributed by atoms with Crippen molar-refractivity contribution in [3.8, 4) is 23.0 Å². The summed E-state index contributed by atoms with van der Waals surface area (Å²) in [5, 5.41) is 0. The Morgan fingerprint density at radius 1 is 0.700 bits per heavy atom. The number of hydrogen-bond acceptors (Lipinski definition) is 6. The van der Waals surface area contributed by atoms with E-state index in [1.807, 2.05) is 36.4 Å². The van der Waals surface area contributed by atoms with Crippen LogP contribution in [0.25, 0.3) is 0 Å². The predicted octanol–water partition coefficient (Wildman–Crippen LogP) is 4.41. The quantitative estimate of drug-likeness (QED) is 0.463. The number of carbonyl (C=O) groups is 1. The van der Waals surface area contributed by atoms with Gasteiger partial charge in [-0.05, 0) is 47.5 Å². The molecule has 0 saturated heterocycles. The minimum Gasteiger partial charge on any atom is -0.493 e. The van der Waals surface area contributed by atoms with E-state index in [1.54, 1.807) is 50.6 Å². The lowest BCUT2D eigenvalue weighted by atomic mass is 10.2. The normalized spacial score (nSPS) is 10.2. The van der Waals surface area contributed by atoms with E-state index in [0.717, 1.165) is 16.9 Å². The third kappa shape index (κ3) is 6.17. The van der Waals surface area contributed by atoms with Gasteiger partial charge >= 0.3 is 5.97 Å². The minimum atomic E-state index is -0.464. The summed E-state index contributed by atoms with van der Waals surface area (Å²) in [5.74, 6) is 2.02. The van der Waals surface area contributed by atoms with Crippen LogP contribution in [0.2, 0.25) is 0 Å². The Bertz CT molecular complexity index is 938. The van der Waals surface area contributed by atoms with Crippen molar-refractivity contribution in [2.24, 2.45) is 0 Å². The number of benzene rings is 3. The Labute approximate surface area is 175 Å². The molecule has 0 fully saturated rings. The molecule has 156 valence electrons. The zero-order valence-electron chi connectivity index (χ0n) is 17.0. The third-order valence-corrected chi connectivity index (χ3v) is 4.28. The summed E-state index contributed by atoms with van der Waals surface area (Å²) in [7, 11) is 3.12. The summed E-state index contributed by atoms with van der Waals surface area (Å²) >= 11 is 0. The van der Waals surface area contributed by atoms with Gasteiger partial charge in [0, 0.05) is 0 Å². The fraction of sp³-hybridized carbons (Fsp3) is 0.208. The molecule has 0 aliphatic carbocycles. The molecule has 3 aromatic carbocycles. The molecule has 6 heteroatoms. The van der Waals surface area contributed by atoms with Gasteiger partial charge in [-0.3, -0.25) is 0 Å². The number of hydrogen-bond donors (Lipinski definition) is 0. The Hall–Kier alpha value is -3.67. The summed E-state index contributed by atoms with van der Waals surface area (Å²) in [6.07, 6.45) is 0. The monoisotopic (exact) mass is 408 g/mol. The predicted molar refractivity (Wildman–Crippen MR) is 112 cm³/mol. The van der Waals surface area contributed by atoms with E-state index in [4.69, 9.17) is 23.7 Å². The largest absolute Gasteiger partial charge is 0.493 e. The first kappa shape index (κ1) is 21.0. The first-order valence-corrected chi connectivity index (χ1v) is 9.44. The molecule has 0 N–H and O–H groups in total. The molecule has 0 bridgehead atoms. The van der Waals surface area contributed by atoms with Crippen LogP contribution in [0.1, 0.15) is 11.1 Å². The maximum absolute atomic E-state index is 12.0. The Morgan fingerprint density at radius 2 is 1.37 bits per heavy atom. The van der Waals surface area contributed by atoms with Crippen molar-refractivity contribution >= 4 is 5.97 Å². The number of esters is 1. The van der Waals surface area contributed by atoms with E-state index in [1.165, 1.54) is 0 Å². The molecule has 0 radical (unpaired) electrons. The maximum Gasteiger partial charge on any atom is 0.344 e. The molecule has 6 nitrogen and oxygen atoms in total. The lowest BCUT2D eigenvalue weighted by Crippen LogP contribution is -2.14. The van der Waals surface area contributed by atoms with Gasteiger partial charge in [0.1, 0.15) is 24.7 Å². The Balaban J connectivity index is 1.42. The van der Waals surface area contributed by atoms with Gasteiger partial charge in [0.2, 0.25) is 0 Å². The van der Waals surface area contributed by atoms with E-state index < -0.39 is 5.97 Å². The molecule has 0 spiro atoms. The van der Waals surface area contributed by atoms with Gasteiger partial charge < -0.3 is 23.7 Å². The summed E-state index contributed by atoms with van der Waals surface area (Å²) in [6.45, 7) is 0.426. The third-order valence-electron chi connectivity index (χ3n) is 4.28. The molecule has 0 heterocycles. The molecule has 0 saturated carbocycles. The SMILES string of the molecule is COc1ccc(COC(=O)COc2ccc(OCc3ccccc3)cc2)cc1OC. The van der Waals surface area contributed by atoms with Crippen LogP contribution < -0.4 is 18.9 Å².